The van der Waals surface area contributed by atoms with Gasteiger partial charge in [0, 0.05) is 11.1 Å². The van der Waals surface area contributed by atoms with Crippen LogP contribution in [0, 0.1) is 0 Å². The van der Waals surface area contributed by atoms with Gasteiger partial charge in [-0.2, -0.15) is 0 Å². The molecule has 1 aromatic carbocycles. The van der Waals surface area contributed by atoms with Crippen molar-refractivity contribution in [3.8, 4) is 11.6 Å². The monoisotopic (exact) mass is 264 g/mol. The van der Waals surface area contributed by atoms with Gasteiger partial charge in [-0.25, -0.2) is 9.97 Å². The van der Waals surface area contributed by atoms with Crippen molar-refractivity contribution in [1.82, 2.24) is 9.97 Å². The number of carbonyl (C=O) groups is 1. The van der Waals surface area contributed by atoms with Crippen LogP contribution in [0.2, 0.25) is 5.02 Å². The van der Waals surface area contributed by atoms with Crippen LogP contribution in [0.5, 0.6) is 11.6 Å². The maximum absolute atomic E-state index is 10.6. The highest BCUT2D eigenvalue weighted by molar-refractivity contribution is 6.30. The molecule has 0 amide bonds. The number of ether oxygens (including phenoxy) is 1. The molecule has 1 aromatic heterocycles. The predicted octanol–water partition coefficient (Wildman–Crippen LogP) is 2.55. The molecule has 2 aromatic rings. The first-order chi connectivity index (χ1) is 8.63. The van der Waals surface area contributed by atoms with Crippen molar-refractivity contribution in [2.24, 2.45) is 0 Å². The minimum atomic E-state index is -0.956. The Morgan fingerprint density at radius 1 is 1.33 bits per heavy atom. The fourth-order valence-corrected chi connectivity index (χ4v) is 1.52. The van der Waals surface area contributed by atoms with Crippen LogP contribution in [0.15, 0.2) is 36.7 Å². The van der Waals surface area contributed by atoms with E-state index in [1.165, 1.54) is 12.4 Å². The fourth-order valence-electron chi connectivity index (χ4n) is 1.34. The van der Waals surface area contributed by atoms with E-state index in [-0.39, 0.29) is 12.3 Å². The Morgan fingerprint density at radius 2 is 2.17 bits per heavy atom. The van der Waals surface area contributed by atoms with Gasteiger partial charge in [-0.05, 0) is 18.2 Å². The number of aliphatic carboxylic acids is 1. The summed E-state index contributed by atoms with van der Waals surface area (Å²) < 4.78 is 5.45. The molecule has 0 radical (unpaired) electrons. The third-order valence-electron chi connectivity index (χ3n) is 2.05. The number of benzene rings is 1. The molecular weight excluding hydrogens is 256 g/mol. The van der Waals surface area contributed by atoms with E-state index in [1.807, 2.05) is 0 Å². The average molecular weight is 265 g/mol. The molecule has 92 valence electrons. The maximum atomic E-state index is 10.6. The van der Waals surface area contributed by atoms with Crippen LogP contribution in [0.4, 0.5) is 0 Å². The molecule has 0 atom stereocenters. The first-order valence-corrected chi connectivity index (χ1v) is 5.47. The van der Waals surface area contributed by atoms with Crippen molar-refractivity contribution in [1.29, 1.82) is 0 Å². The lowest BCUT2D eigenvalue weighted by Crippen LogP contribution is -2.03. The highest BCUT2D eigenvalue weighted by Crippen LogP contribution is 2.22. The number of hydrogen-bond donors (Lipinski definition) is 1. The predicted molar refractivity (Wildman–Crippen MR) is 64.9 cm³/mol. The average Bonchev–Trinajstić information content (AvgIpc) is 2.28. The van der Waals surface area contributed by atoms with Gasteiger partial charge in [-0.3, -0.25) is 4.79 Å². The summed E-state index contributed by atoms with van der Waals surface area (Å²) in [5.41, 5.74) is 0.384. The number of carboxylic acid groups (broad SMARTS) is 1. The molecule has 0 saturated carbocycles. The second-order valence-electron chi connectivity index (χ2n) is 3.48. The quantitative estimate of drug-likeness (QED) is 0.919. The Hall–Kier alpha value is -2.14. The number of halogens is 1. The molecule has 6 heteroatoms. The number of nitrogens with zero attached hydrogens (tertiary/aromatic N) is 2. The van der Waals surface area contributed by atoms with Gasteiger partial charge < -0.3 is 9.84 Å². The Labute approximate surface area is 108 Å². The van der Waals surface area contributed by atoms with Crippen LogP contribution in [0.25, 0.3) is 0 Å². The number of carboxylic acids is 1. The van der Waals surface area contributed by atoms with Gasteiger partial charge in [0.25, 0.3) is 0 Å². The lowest BCUT2D eigenvalue weighted by Gasteiger charge is -2.05. The number of aromatic nitrogens is 2. The maximum Gasteiger partial charge on any atom is 0.309 e. The van der Waals surface area contributed by atoms with Crippen molar-refractivity contribution in [2.45, 2.75) is 6.42 Å². The van der Waals surface area contributed by atoms with E-state index in [2.05, 4.69) is 9.97 Å². The van der Waals surface area contributed by atoms with Crippen LogP contribution < -0.4 is 4.74 Å². The molecule has 2 rings (SSSR count). The molecule has 0 aliphatic carbocycles. The lowest BCUT2D eigenvalue weighted by molar-refractivity contribution is -0.136. The summed E-state index contributed by atoms with van der Waals surface area (Å²) in [5, 5.41) is 9.21. The van der Waals surface area contributed by atoms with E-state index >= 15 is 0 Å². The summed E-state index contributed by atoms with van der Waals surface area (Å²) in [4.78, 5) is 18.3. The highest BCUT2D eigenvalue weighted by Gasteiger charge is 2.05. The van der Waals surface area contributed by atoms with Gasteiger partial charge in [0.05, 0.1) is 12.1 Å². The van der Waals surface area contributed by atoms with Crippen LogP contribution in [-0.2, 0) is 11.2 Å². The van der Waals surface area contributed by atoms with E-state index in [4.69, 9.17) is 21.4 Å². The summed E-state index contributed by atoms with van der Waals surface area (Å²) >= 11 is 5.82. The summed E-state index contributed by atoms with van der Waals surface area (Å²) in [7, 11) is 0. The Bertz CT molecular complexity index is 575. The van der Waals surface area contributed by atoms with Crippen molar-refractivity contribution >= 4 is 17.6 Å². The minimum absolute atomic E-state index is 0.172. The van der Waals surface area contributed by atoms with Crippen LogP contribution in [0.1, 0.15) is 5.69 Å². The minimum Gasteiger partial charge on any atom is -0.481 e. The fraction of sp³-hybridized carbons (Fsp3) is 0.0833. The Kier molecular flexibility index (Phi) is 3.74. The zero-order valence-corrected chi connectivity index (χ0v) is 9.96. The first kappa shape index (κ1) is 12.3. The molecule has 0 saturated heterocycles. The summed E-state index contributed by atoms with van der Waals surface area (Å²) in [5.74, 6) is -0.145. The van der Waals surface area contributed by atoms with Crippen molar-refractivity contribution in [3.63, 3.8) is 0 Å². The normalized spacial score (nSPS) is 10.1. The Balaban J connectivity index is 2.16. The SMILES string of the molecule is O=C(O)Cc1cc(Oc2cccc(Cl)c2)ncn1. The largest absolute Gasteiger partial charge is 0.481 e. The third-order valence-corrected chi connectivity index (χ3v) is 2.28. The topological polar surface area (TPSA) is 72.3 Å². The molecule has 0 aliphatic heterocycles. The standard InChI is InChI=1S/C12H9ClN2O3/c13-8-2-1-3-10(4-8)18-11-5-9(6-12(16)17)14-7-15-11/h1-5,7H,6H2,(H,16,17). The number of rotatable bonds is 4. The van der Waals surface area contributed by atoms with E-state index in [0.717, 1.165) is 0 Å². The van der Waals surface area contributed by atoms with Crippen molar-refractivity contribution < 1.29 is 14.6 Å². The zero-order valence-electron chi connectivity index (χ0n) is 9.21. The summed E-state index contributed by atoms with van der Waals surface area (Å²) in [6.45, 7) is 0. The highest BCUT2D eigenvalue weighted by atomic mass is 35.5. The van der Waals surface area contributed by atoms with Crippen molar-refractivity contribution in [3.05, 3.63) is 47.4 Å². The molecule has 0 spiro atoms. The van der Waals surface area contributed by atoms with Gasteiger partial charge in [0.2, 0.25) is 5.88 Å². The molecule has 1 heterocycles. The van der Waals surface area contributed by atoms with Crippen LogP contribution in [-0.4, -0.2) is 21.0 Å². The molecule has 0 unspecified atom stereocenters. The molecule has 0 aliphatic rings. The molecule has 18 heavy (non-hydrogen) atoms. The molecule has 1 N–H and O–H groups in total. The zero-order chi connectivity index (χ0) is 13.0. The van der Waals surface area contributed by atoms with Gasteiger partial charge in [0.1, 0.15) is 12.1 Å². The summed E-state index contributed by atoms with van der Waals surface area (Å²) in [6.07, 6.45) is 1.09. The first-order valence-electron chi connectivity index (χ1n) is 5.09. The second kappa shape index (κ2) is 5.46. The third kappa shape index (κ3) is 3.43. The van der Waals surface area contributed by atoms with E-state index in [9.17, 15) is 4.79 Å². The van der Waals surface area contributed by atoms with Crippen molar-refractivity contribution in [2.75, 3.05) is 0 Å². The molecule has 0 bridgehead atoms. The van der Waals surface area contributed by atoms with Gasteiger partial charge in [0.15, 0.2) is 0 Å². The smallest absolute Gasteiger partial charge is 0.309 e. The second-order valence-corrected chi connectivity index (χ2v) is 3.91. The van der Waals surface area contributed by atoms with Crippen LogP contribution in [0.3, 0.4) is 0 Å². The summed E-state index contributed by atoms with van der Waals surface area (Å²) in [6, 6.07) is 8.32. The molecule has 5 nitrogen and oxygen atoms in total. The lowest BCUT2D eigenvalue weighted by atomic mass is 10.3. The van der Waals surface area contributed by atoms with Gasteiger partial charge in [-0.1, -0.05) is 17.7 Å². The van der Waals surface area contributed by atoms with Gasteiger partial charge >= 0.3 is 5.97 Å². The molecular formula is C12H9ClN2O3. The van der Waals surface area contributed by atoms with Gasteiger partial charge in [-0.15, -0.1) is 0 Å². The van der Waals surface area contributed by atoms with E-state index in [0.29, 0.717) is 16.5 Å². The van der Waals surface area contributed by atoms with E-state index in [1.54, 1.807) is 24.3 Å². The van der Waals surface area contributed by atoms with E-state index < -0.39 is 5.97 Å². The molecule has 0 fully saturated rings. The van der Waals surface area contributed by atoms with Crippen LogP contribution >= 0.6 is 11.6 Å². The Morgan fingerprint density at radius 3 is 2.89 bits per heavy atom. The number of hydrogen-bond acceptors (Lipinski definition) is 4.